The van der Waals surface area contributed by atoms with Gasteiger partial charge < -0.3 is 0 Å². The van der Waals surface area contributed by atoms with Crippen LogP contribution in [-0.2, 0) is 0 Å². The van der Waals surface area contributed by atoms with Crippen LogP contribution in [0.25, 0.3) is 0 Å². The first-order valence-corrected chi connectivity index (χ1v) is 5.08. The van der Waals surface area contributed by atoms with E-state index in [2.05, 4.69) is 27.7 Å². The molecule has 0 aromatic carbocycles. The second-order valence-corrected chi connectivity index (χ2v) is 4.51. The van der Waals surface area contributed by atoms with E-state index < -0.39 is 0 Å². The summed E-state index contributed by atoms with van der Waals surface area (Å²) in [4.78, 5) is 1.55. The van der Waals surface area contributed by atoms with Gasteiger partial charge in [0.1, 0.15) is 0 Å². The molecule has 11 heavy (non-hydrogen) atoms. The second kappa shape index (κ2) is 3.48. The Kier molecular flexibility index (Phi) is 2.83. The molecule has 0 aliphatic carbocycles. The van der Waals surface area contributed by atoms with Gasteiger partial charge in [-0.05, 0) is 39.7 Å². The van der Waals surface area contributed by atoms with Gasteiger partial charge in [0, 0.05) is 10.7 Å². The van der Waals surface area contributed by atoms with Gasteiger partial charge in [-0.25, -0.2) is 0 Å². The van der Waals surface area contributed by atoms with Crippen LogP contribution in [0.5, 0.6) is 0 Å². The predicted octanol–water partition coefficient (Wildman–Crippen LogP) is 3.75. The summed E-state index contributed by atoms with van der Waals surface area (Å²) >= 11 is 2.01. The monoisotopic (exact) mass is 168 g/mol. The Balaban J connectivity index is 3.01. The molecule has 1 heteroatoms. The van der Waals surface area contributed by atoms with Crippen molar-refractivity contribution in [3.8, 4) is 0 Å². The van der Waals surface area contributed by atoms with Gasteiger partial charge in [0.25, 0.3) is 0 Å². The maximum Gasteiger partial charge on any atom is 0.00902 e. The van der Waals surface area contributed by atoms with E-state index in [0.717, 1.165) is 0 Å². The van der Waals surface area contributed by atoms with Gasteiger partial charge in [0.05, 0.1) is 0 Å². The first kappa shape index (κ1) is 8.92. The van der Waals surface area contributed by atoms with Crippen molar-refractivity contribution in [2.24, 2.45) is 0 Å². The molecule has 1 heterocycles. The Hall–Kier alpha value is -0.170. The highest BCUT2D eigenvalue weighted by Crippen LogP contribution is 2.39. The summed E-state index contributed by atoms with van der Waals surface area (Å²) in [7, 11) is 0. The van der Waals surface area contributed by atoms with E-state index >= 15 is 0 Å². The van der Waals surface area contributed by atoms with E-state index in [4.69, 9.17) is 0 Å². The average molecular weight is 168 g/mol. The average Bonchev–Trinajstić information content (AvgIpc) is 2.32. The molecule has 1 aliphatic heterocycles. The number of thioether (sulfide) groups is 1. The number of rotatable bonds is 0. The second-order valence-electron chi connectivity index (χ2n) is 3.41. The molecule has 0 amide bonds. The summed E-state index contributed by atoms with van der Waals surface area (Å²) in [6, 6.07) is 0. The summed E-state index contributed by atoms with van der Waals surface area (Å²) in [6.45, 7) is 8.83. The Morgan fingerprint density at radius 3 is 2.09 bits per heavy atom. The highest BCUT2D eigenvalue weighted by atomic mass is 32.2. The van der Waals surface area contributed by atoms with Crippen molar-refractivity contribution >= 4 is 11.8 Å². The largest absolute Gasteiger partial charge is 0.126 e. The van der Waals surface area contributed by atoms with Gasteiger partial charge in [-0.1, -0.05) is 11.1 Å². The first-order chi connectivity index (χ1) is 5.13. The van der Waals surface area contributed by atoms with Crippen LogP contribution in [0.3, 0.4) is 0 Å². The van der Waals surface area contributed by atoms with Gasteiger partial charge in [-0.15, -0.1) is 11.8 Å². The lowest BCUT2D eigenvalue weighted by Crippen LogP contribution is -1.83. The zero-order valence-corrected chi connectivity index (χ0v) is 8.64. The summed E-state index contributed by atoms with van der Waals surface area (Å²) < 4.78 is 0. The molecule has 0 saturated carbocycles. The molecule has 0 radical (unpaired) electrons. The van der Waals surface area contributed by atoms with Crippen molar-refractivity contribution in [3.05, 3.63) is 21.6 Å². The fraction of sp³-hybridized carbons (Fsp3) is 0.600. The van der Waals surface area contributed by atoms with Gasteiger partial charge >= 0.3 is 0 Å². The molecule has 0 atom stereocenters. The maximum absolute atomic E-state index is 2.21. The highest BCUT2D eigenvalue weighted by Gasteiger charge is 2.15. The third-order valence-corrected chi connectivity index (χ3v) is 3.28. The third-order valence-electron chi connectivity index (χ3n) is 1.93. The van der Waals surface area contributed by atoms with Crippen LogP contribution >= 0.6 is 11.8 Å². The third kappa shape index (κ3) is 1.90. The summed E-state index contributed by atoms with van der Waals surface area (Å²) in [6.07, 6.45) is 1.27. The van der Waals surface area contributed by atoms with Gasteiger partial charge in [0.2, 0.25) is 0 Å². The van der Waals surface area contributed by atoms with Crippen LogP contribution in [0.15, 0.2) is 21.6 Å². The van der Waals surface area contributed by atoms with Crippen LogP contribution in [0.1, 0.15) is 34.1 Å². The molecule has 1 fully saturated rings. The van der Waals surface area contributed by atoms with Gasteiger partial charge in [-0.3, -0.25) is 0 Å². The lowest BCUT2D eigenvalue weighted by molar-refractivity contribution is 1.12. The van der Waals surface area contributed by atoms with Crippen molar-refractivity contribution in [2.45, 2.75) is 34.1 Å². The molecule has 62 valence electrons. The molecule has 0 aromatic rings. The van der Waals surface area contributed by atoms with E-state index in [9.17, 15) is 0 Å². The van der Waals surface area contributed by atoms with Crippen molar-refractivity contribution in [1.29, 1.82) is 0 Å². The Morgan fingerprint density at radius 2 is 1.73 bits per heavy atom. The van der Waals surface area contributed by atoms with E-state index in [1.807, 2.05) is 11.8 Å². The van der Waals surface area contributed by atoms with E-state index in [1.54, 1.807) is 10.5 Å². The van der Waals surface area contributed by atoms with E-state index in [1.165, 1.54) is 23.3 Å². The lowest BCUT2D eigenvalue weighted by Gasteiger charge is -2.04. The Labute approximate surface area is 73.8 Å². The molecule has 1 aliphatic rings. The van der Waals surface area contributed by atoms with Crippen LogP contribution in [0.2, 0.25) is 0 Å². The van der Waals surface area contributed by atoms with E-state index in [0.29, 0.717) is 0 Å². The quantitative estimate of drug-likeness (QED) is 0.531. The molecule has 0 N–H and O–H groups in total. The Bertz CT molecular complexity index is 189. The molecule has 1 rings (SSSR count). The minimum Gasteiger partial charge on any atom is -0.126 e. The topological polar surface area (TPSA) is 0 Å². The van der Waals surface area contributed by atoms with Gasteiger partial charge in [0.15, 0.2) is 0 Å². The molecular formula is C10H16S. The number of allylic oxidation sites excluding steroid dienone is 3. The zero-order chi connectivity index (χ0) is 8.43. The normalized spacial score (nSPS) is 17.5. The highest BCUT2D eigenvalue weighted by molar-refractivity contribution is 8.03. The fourth-order valence-corrected chi connectivity index (χ4v) is 2.66. The summed E-state index contributed by atoms with van der Waals surface area (Å²) in [5, 5.41) is 0. The molecule has 0 nitrogen and oxygen atoms in total. The van der Waals surface area contributed by atoms with E-state index in [-0.39, 0.29) is 0 Å². The van der Waals surface area contributed by atoms with Crippen molar-refractivity contribution in [3.63, 3.8) is 0 Å². The van der Waals surface area contributed by atoms with Crippen LogP contribution in [0, 0.1) is 0 Å². The molecule has 0 bridgehead atoms. The minimum absolute atomic E-state index is 1.27. The SMILES string of the molecule is CC(C)=C1CCSC1=C(C)C. The fourth-order valence-electron chi connectivity index (χ4n) is 1.38. The molecule has 0 unspecified atom stereocenters. The van der Waals surface area contributed by atoms with Crippen LogP contribution in [-0.4, -0.2) is 5.75 Å². The lowest BCUT2D eigenvalue weighted by atomic mass is 10.1. The smallest absolute Gasteiger partial charge is 0.00902 e. The van der Waals surface area contributed by atoms with Crippen molar-refractivity contribution in [1.82, 2.24) is 0 Å². The van der Waals surface area contributed by atoms with Crippen LogP contribution in [0.4, 0.5) is 0 Å². The summed E-state index contributed by atoms with van der Waals surface area (Å²) in [5.41, 5.74) is 4.56. The molecule has 1 saturated heterocycles. The maximum atomic E-state index is 2.21. The van der Waals surface area contributed by atoms with Crippen molar-refractivity contribution < 1.29 is 0 Å². The first-order valence-electron chi connectivity index (χ1n) is 4.10. The molecular weight excluding hydrogens is 152 g/mol. The zero-order valence-electron chi connectivity index (χ0n) is 7.82. The Morgan fingerprint density at radius 1 is 1.09 bits per heavy atom. The summed E-state index contributed by atoms with van der Waals surface area (Å²) in [5.74, 6) is 1.28. The number of hydrogen-bond donors (Lipinski definition) is 0. The molecule has 0 aromatic heterocycles. The molecule has 0 spiro atoms. The predicted molar refractivity (Wildman–Crippen MR) is 53.8 cm³/mol. The van der Waals surface area contributed by atoms with Crippen molar-refractivity contribution in [2.75, 3.05) is 5.75 Å². The van der Waals surface area contributed by atoms with Gasteiger partial charge in [-0.2, -0.15) is 0 Å². The number of hydrogen-bond acceptors (Lipinski definition) is 1. The van der Waals surface area contributed by atoms with Crippen LogP contribution < -0.4 is 0 Å². The standard InChI is InChI=1S/C10H16S/c1-7(2)9-5-6-11-10(9)8(3)4/h5-6H2,1-4H3. The minimum atomic E-state index is 1.27.